The topological polar surface area (TPSA) is 75.6 Å². The van der Waals surface area contributed by atoms with E-state index in [4.69, 9.17) is 5.10 Å². The molecule has 0 aliphatic carbocycles. The summed E-state index contributed by atoms with van der Waals surface area (Å²) in [5, 5.41) is 17.7. The van der Waals surface area contributed by atoms with Crippen molar-refractivity contribution >= 4 is 16.6 Å². The van der Waals surface area contributed by atoms with Gasteiger partial charge >= 0.3 is 0 Å². The lowest BCUT2D eigenvalue weighted by molar-refractivity contribution is -0.726. The summed E-state index contributed by atoms with van der Waals surface area (Å²) in [7, 11) is 1.95. The number of H-pyrrole nitrogens is 1. The van der Waals surface area contributed by atoms with Gasteiger partial charge in [0.05, 0.1) is 23.0 Å². The van der Waals surface area contributed by atoms with E-state index in [0.29, 0.717) is 0 Å². The van der Waals surface area contributed by atoms with E-state index in [9.17, 15) is 0 Å². The molecule has 4 heterocycles. The number of nitrogens with zero attached hydrogens (tertiary/aromatic N) is 6. The van der Waals surface area contributed by atoms with Gasteiger partial charge in [0.1, 0.15) is 0 Å². The van der Waals surface area contributed by atoms with Crippen molar-refractivity contribution in [3.8, 4) is 11.3 Å². The second-order valence-electron chi connectivity index (χ2n) is 6.69. The van der Waals surface area contributed by atoms with E-state index in [-0.39, 0.29) is 5.92 Å². The van der Waals surface area contributed by atoms with Gasteiger partial charge in [-0.05, 0) is 35.9 Å². The summed E-state index contributed by atoms with van der Waals surface area (Å²) in [6, 6.07) is 14.2. The highest BCUT2D eigenvalue weighted by Gasteiger charge is 2.18. The van der Waals surface area contributed by atoms with Crippen molar-refractivity contribution in [3.63, 3.8) is 0 Å². The van der Waals surface area contributed by atoms with Crippen LogP contribution in [-0.4, -0.2) is 29.9 Å². The zero-order valence-corrected chi connectivity index (χ0v) is 15.0. The number of benzene rings is 1. The normalized spacial score (nSPS) is 12.7. The fraction of sp³-hybridized carbons (Fsp3) is 0.150. The number of aromatic amines is 1. The Balaban J connectivity index is 1.60. The summed E-state index contributed by atoms with van der Waals surface area (Å²) in [5.41, 5.74) is 4.77. The van der Waals surface area contributed by atoms with E-state index in [1.54, 1.807) is 0 Å². The Kier molecular flexibility index (Phi) is 3.46. The van der Waals surface area contributed by atoms with Crippen LogP contribution in [0.25, 0.3) is 27.8 Å². The molecule has 0 amide bonds. The Bertz CT molecular complexity index is 1270. The Morgan fingerprint density at radius 3 is 2.89 bits per heavy atom. The van der Waals surface area contributed by atoms with Crippen molar-refractivity contribution in [2.75, 3.05) is 0 Å². The number of aromatic nitrogens is 7. The molecule has 0 saturated heterocycles. The van der Waals surface area contributed by atoms with Crippen molar-refractivity contribution in [1.29, 1.82) is 0 Å². The summed E-state index contributed by atoms with van der Waals surface area (Å²) < 4.78 is 3.72. The van der Waals surface area contributed by atoms with E-state index in [1.807, 2.05) is 59.1 Å². The number of aryl methyl sites for hydroxylation is 1. The molecule has 1 N–H and O–H groups in total. The van der Waals surface area contributed by atoms with Crippen molar-refractivity contribution in [2.24, 2.45) is 7.05 Å². The second kappa shape index (κ2) is 5.98. The summed E-state index contributed by atoms with van der Waals surface area (Å²) in [6.45, 7) is 2.12. The van der Waals surface area contributed by atoms with Gasteiger partial charge in [0.2, 0.25) is 6.20 Å². The summed E-state index contributed by atoms with van der Waals surface area (Å²) in [5.74, 6) is 0.865. The van der Waals surface area contributed by atoms with E-state index < -0.39 is 0 Å². The number of hydrogen-bond donors (Lipinski definition) is 1. The highest BCUT2D eigenvalue weighted by atomic mass is 15.4. The number of hydrogen-bond acceptors (Lipinski definition) is 4. The molecular weight excluding hydrogens is 338 g/mol. The van der Waals surface area contributed by atoms with Crippen molar-refractivity contribution in [3.05, 3.63) is 72.4 Å². The first-order valence-corrected chi connectivity index (χ1v) is 8.80. The lowest BCUT2D eigenvalue weighted by Gasteiger charge is -2.11. The highest BCUT2D eigenvalue weighted by Crippen LogP contribution is 2.26. The van der Waals surface area contributed by atoms with Gasteiger partial charge in [-0.1, -0.05) is 19.1 Å². The summed E-state index contributed by atoms with van der Waals surface area (Å²) >= 11 is 0. The number of fused-ring (bicyclic) bond motifs is 2. The smallest absolute Gasteiger partial charge is 0.204 e. The molecule has 0 spiro atoms. The van der Waals surface area contributed by atoms with Crippen LogP contribution in [0.1, 0.15) is 24.2 Å². The van der Waals surface area contributed by atoms with Crippen LogP contribution in [0.2, 0.25) is 0 Å². The van der Waals surface area contributed by atoms with Gasteiger partial charge < -0.3 is 0 Å². The maximum Gasteiger partial charge on any atom is 0.204 e. The van der Waals surface area contributed by atoms with E-state index in [1.165, 1.54) is 0 Å². The van der Waals surface area contributed by atoms with Crippen LogP contribution in [0.5, 0.6) is 0 Å². The van der Waals surface area contributed by atoms with Crippen LogP contribution in [0.3, 0.4) is 0 Å². The van der Waals surface area contributed by atoms with Crippen molar-refractivity contribution < 1.29 is 4.68 Å². The molecule has 7 heteroatoms. The monoisotopic (exact) mass is 356 g/mol. The molecule has 1 atom stereocenters. The zero-order chi connectivity index (χ0) is 18.4. The Hall–Kier alpha value is -3.61. The lowest BCUT2D eigenvalue weighted by atomic mass is 9.98. The quantitative estimate of drug-likeness (QED) is 0.504. The first kappa shape index (κ1) is 15.6. The minimum absolute atomic E-state index is 0.0506. The van der Waals surface area contributed by atoms with Gasteiger partial charge in [-0.3, -0.25) is 4.98 Å². The molecule has 0 aliphatic rings. The highest BCUT2D eigenvalue weighted by molar-refractivity contribution is 5.79. The average Bonchev–Trinajstić information content (AvgIpc) is 3.32. The maximum atomic E-state index is 4.77. The largest absolute Gasteiger partial charge is 0.256 e. The van der Waals surface area contributed by atoms with Crippen LogP contribution in [0.4, 0.5) is 0 Å². The van der Waals surface area contributed by atoms with E-state index in [0.717, 1.165) is 39.2 Å². The minimum Gasteiger partial charge on any atom is -0.256 e. The molecule has 1 aromatic carbocycles. The van der Waals surface area contributed by atoms with Gasteiger partial charge in [0.25, 0.3) is 0 Å². The van der Waals surface area contributed by atoms with Crippen LogP contribution in [-0.2, 0) is 7.05 Å². The van der Waals surface area contributed by atoms with Crippen LogP contribution < -0.4 is 4.68 Å². The summed E-state index contributed by atoms with van der Waals surface area (Å²) in [6.07, 6.45) is 5.74. The molecule has 5 rings (SSSR count). The molecular formula is C20H18N7+. The predicted octanol–water partition coefficient (Wildman–Crippen LogP) is 2.64. The maximum absolute atomic E-state index is 4.77. The standard InChI is InChI=1S/C20H17N7/c1-13(14-5-6-17-15(10-14)4-3-9-21-17)20-24-23-19-8-7-18(25-27(19)20)16-11-22-26(2)12-16/h3-13H,1-2H3/p+1/t13-/m0/s1. The second-order valence-corrected chi connectivity index (χ2v) is 6.69. The third kappa shape index (κ3) is 2.64. The molecule has 7 nitrogen and oxygen atoms in total. The van der Waals surface area contributed by atoms with Gasteiger partial charge in [-0.2, -0.15) is 14.7 Å². The number of nitrogens with one attached hydrogen (secondary N) is 1. The van der Waals surface area contributed by atoms with E-state index in [2.05, 4.69) is 45.4 Å². The zero-order valence-electron chi connectivity index (χ0n) is 15.0. The van der Waals surface area contributed by atoms with Gasteiger partial charge in [0.15, 0.2) is 18.5 Å². The Morgan fingerprint density at radius 1 is 1.11 bits per heavy atom. The third-order valence-corrected chi connectivity index (χ3v) is 4.85. The first-order chi connectivity index (χ1) is 13.2. The van der Waals surface area contributed by atoms with Crippen LogP contribution in [0.15, 0.2) is 61.1 Å². The summed E-state index contributed by atoms with van der Waals surface area (Å²) in [4.78, 5) is 4.39. The Morgan fingerprint density at radius 2 is 2.04 bits per heavy atom. The Labute approximate surface area is 155 Å². The van der Waals surface area contributed by atoms with E-state index >= 15 is 0 Å². The fourth-order valence-electron chi connectivity index (χ4n) is 3.34. The molecule has 27 heavy (non-hydrogen) atoms. The van der Waals surface area contributed by atoms with Crippen LogP contribution in [0, 0.1) is 0 Å². The predicted molar refractivity (Wildman–Crippen MR) is 101 cm³/mol. The van der Waals surface area contributed by atoms with Gasteiger partial charge in [0, 0.05) is 17.5 Å². The molecule has 0 saturated carbocycles. The molecule has 132 valence electrons. The molecule has 0 bridgehead atoms. The van der Waals surface area contributed by atoms with Gasteiger partial charge in [-0.25, -0.2) is 0 Å². The minimum atomic E-state index is 0.0506. The molecule has 0 fully saturated rings. The third-order valence-electron chi connectivity index (χ3n) is 4.85. The van der Waals surface area contributed by atoms with Crippen LogP contribution >= 0.6 is 0 Å². The lowest BCUT2D eigenvalue weighted by Crippen LogP contribution is -2.27. The molecule has 5 aromatic rings. The molecule has 0 unspecified atom stereocenters. The first-order valence-electron chi connectivity index (χ1n) is 8.80. The number of rotatable bonds is 3. The van der Waals surface area contributed by atoms with Crippen molar-refractivity contribution in [2.45, 2.75) is 12.8 Å². The molecule has 0 radical (unpaired) electrons. The van der Waals surface area contributed by atoms with Gasteiger partial charge in [-0.15, -0.1) is 14.9 Å². The molecule has 4 aromatic heterocycles. The molecule has 0 aliphatic heterocycles. The average molecular weight is 356 g/mol. The fourth-order valence-corrected chi connectivity index (χ4v) is 3.34. The SMILES string of the molecule is C[C@@H](c1ccc2ncccc2c1)c1nnc2ccc(-c3c[nH][n+](C)c3)nn12. The van der Waals surface area contributed by atoms with Crippen molar-refractivity contribution in [1.82, 2.24) is 29.9 Å². The number of pyridine rings is 1.